The lowest BCUT2D eigenvalue weighted by Gasteiger charge is -2.49. The molecule has 0 bridgehead atoms. The first-order valence-corrected chi connectivity index (χ1v) is 9.12. The molecule has 0 spiro atoms. The van der Waals surface area contributed by atoms with Crippen LogP contribution in [0, 0.1) is 11.8 Å². The number of aromatic amines is 1. The summed E-state index contributed by atoms with van der Waals surface area (Å²) in [6, 6.07) is 5.82. The third-order valence-electron chi connectivity index (χ3n) is 7.16. The van der Waals surface area contributed by atoms with Gasteiger partial charge < -0.3 is 10.2 Å². The van der Waals surface area contributed by atoms with Crippen LogP contribution >= 0.6 is 0 Å². The van der Waals surface area contributed by atoms with Crippen molar-refractivity contribution in [3.63, 3.8) is 0 Å². The van der Waals surface area contributed by atoms with Crippen molar-refractivity contribution in [3.8, 4) is 5.75 Å². The minimum Gasteiger partial charge on any atom is -0.508 e. The molecule has 4 atom stereocenters. The SMILES string of the molecule is C[C@]12CCC3c4ccc(O)cc4CCC3C1Cc1c(C(=O)O)n[nH]c12. The van der Waals surface area contributed by atoms with Crippen molar-refractivity contribution >= 4 is 5.97 Å². The van der Waals surface area contributed by atoms with Gasteiger partial charge in [0, 0.05) is 16.7 Å². The van der Waals surface area contributed by atoms with E-state index in [9.17, 15) is 15.0 Å². The number of hydrogen-bond acceptors (Lipinski definition) is 3. The van der Waals surface area contributed by atoms with Crippen molar-refractivity contribution in [1.29, 1.82) is 0 Å². The lowest BCUT2D eigenvalue weighted by Crippen LogP contribution is -2.43. The maximum absolute atomic E-state index is 11.5. The molecular weight excluding hydrogens is 316 g/mol. The minimum atomic E-state index is -0.930. The van der Waals surface area contributed by atoms with Crippen LogP contribution in [0.25, 0.3) is 0 Å². The summed E-state index contributed by atoms with van der Waals surface area (Å²) >= 11 is 0. The van der Waals surface area contributed by atoms with Crippen molar-refractivity contribution < 1.29 is 15.0 Å². The zero-order valence-corrected chi connectivity index (χ0v) is 14.2. The molecule has 0 amide bonds. The summed E-state index contributed by atoms with van der Waals surface area (Å²) in [6.45, 7) is 2.29. The van der Waals surface area contributed by atoms with E-state index in [0.717, 1.165) is 43.4 Å². The number of nitrogens with one attached hydrogen (secondary N) is 1. The number of fused-ring (bicyclic) bond motifs is 7. The topological polar surface area (TPSA) is 86.2 Å². The van der Waals surface area contributed by atoms with E-state index in [-0.39, 0.29) is 11.1 Å². The lowest BCUT2D eigenvalue weighted by atomic mass is 9.55. The Morgan fingerprint density at radius 1 is 1.36 bits per heavy atom. The largest absolute Gasteiger partial charge is 0.508 e. The molecule has 3 unspecified atom stereocenters. The average molecular weight is 338 g/mol. The Kier molecular flexibility index (Phi) is 2.92. The van der Waals surface area contributed by atoms with E-state index in [4.69, 9.17) is 0 Å². The molecule has 0 saturated heterocycles. The van der Waals surface area contributed by atoms with Gasteiger partial charge in [-0.1, -0.05) is 13.0 Å². The second kappa shape index (κ2) is 4.87. The molecule has 3 aliphatic carbocycles. The highest BCUT2D eigenvalue weighted by molar-refractivity contribution is 5.87. The Morgan fingerprint density at radius 3 is 3.00 bits per heavy atom. The average Bonchev–Trinajstić information content (AvgIpc) is 3.12. The van der Waals surface area contributed by atoms with E-state index in [1.807, 2.05) is 6.07 Å². The zero-order chi connectivity index (χ0) is 17.3. The number of carboxylic acid groups (broad SMARTS) is 1. The number of aromatic hydroxyl groups is 1. The predicted molar refractivity (Wildman–Crippen MR) is 92.0 cm³/mol. The maximum Gasteiger partial charge on any atom is 0.356 e. The standard InChI is InChI=1S/C20H22N2O3/c1-20-7-6-13-12-5-3-11(23)8-10(12)2-4-14(13)16(20)9-15-17(19(24)25)21-22-18(15)20/h3,5,8,13-14,16,23H,2,4,6-7,9H2,1H3,(H,21,22)(H,24,25)/t13?,14?,16?,20-/m0/s1. The highest BCUT2D eigenvalue weighted by Crippen LogP contribution is 2.60. The van der Waals surface area contributed by atoms with Crippen molar-refractivity contribution in [1.82, 2.24) is 10.2 Å². The first-order chi connectivity index (χ1) is 12.0. The Morgan fingerprint density at radius 2 is 2.20 bits per heavy atom. The highest BCUT2D eigenvalue weighted by atomic mass is 16.4. The third-order valence-corrected chi connectivity index (χ3v) is 7.16. The minimum absolute atomic E-state index is 0.00558. The molecule has 130 valence electrons. The van der Waals surface area contributed by atoms with Gasteiger partial charge in [0.25, 0.3) is 0 Å². The number of phenolic OH excluding ortho intramolecular Hbond substituents is 1. The van der Waals surface area contributed by atoms with Gasteiger partial charge in [-0.2, -0.15) is 5.10 Å². The fraction of sp³-hybridized carbons (Fsp3) is 0.500. The van der Waals surface area contributed by atoms with Gasteiger partial charge in [0.1, 0.15) is 5.75 Å². The van der Waals surface area contributed by atoms with Gasteiger partial charge in [-0.25, -0.2) is 4.79 Å². The Bertz CT molecular complexity index is 887. The van der Waals surface area contributed by atoms with Gasteiger partial charge in [-0.05, 0) is 73.1 Å². The molecule has 5 heteroatoms. The van der Waals surface area contributed by atoms with Gasteiger partial charge in [0.05, 0.1) is 0 Å². The fourth-order valence-electron chi connectivity index (χ4n) is 6.01. The molecular formula is C20H22N2O3. The van der Waals surface area contributed by atoms with Crippen LogP contribution in [0.1, 0.15) is 65.0 Å². The molecule has 3 aliphatic rings. The molecule has 1 heterocycles. The monoisotopic (exact) mass is 338 g/mol. The van der Waals surface area contributed by atoms with Gasteiger partial charge in [-0.15, -0.1) is 0 Å². The molecule has 1 aromatic heterocycles. The number of phenols is 1. The third kappa shape index (κ3) is 1.89. The maximum atomic E-state index is 11.5. The fourth-order valence-corrected chi connectivity index (χ4v) is 6.01. The van der Waals surface area contributed by atoms with Crippen LogP contribution in [0.3, 0.4) is 0 Å². The summed E-state index contributed by atoms with van der Waals surface area (Å²) in [7, 11) is 0. The number of nitrogens with zero attached hydrogens (tertiary/aromatic N) is 1. The molecule has 5 rings (SSSR count). The molecule has 25 heavy (non-hydrogen) atoms. The number of carbonyl (C=O) groups is 1. The van der Waals surface area contributed by atoms with Crippen molar-refractivity contribution in [2.75, 3.05) is 0 Å². The molecule has 3 N–H and O–H groups in total. The number of hydrogen-bond donors (Lipinski definition) is 3. The molecule has 2 aromatic rings. The summed E-state index contributed by atoms with van der Waals surface area (Å²) in [5.41, 5.74) is 4.88. The van der Waals surface area contributed by atoms with Gasteiger partial charge >= 0.3 is 5.97 Å². The number of carboxylic acids is 1. The number of aryl methyl sites for hydroxylation is 1. The zero-order valence-electron chi connectivity index (χ0n) is 14.2. The Hall–Kier alpha value is -2.30. The first-order valence-electron chi connectivity index (χ1n) is 9.12. The Labute approximate surface area is 146 Å². The number of H-pyrrole nitrogens is 1. The van der Waals surface area contributed by atoms with Crippen LogP contribution < -0.4 is 0 Å². The second-order valence-corrected chi connectivity index (χ2v) is 8.19. The van der Waals surface area contributed by atoms with Crippen LogP contribution in [0.5, 0.6) is 5.75 Å². The first kappa shape index (κ1) is 15.0. The lowest BCUT2D eigenvalue weighted by molar-refractivity contribution is 0.0687. The van der Waals surface area contributed by atoms with E-state index < -0.39 is 5.97 Å². The summed E-state index contributed by atoms with van der Waals surface area (Å²) in [6.07, 6.45) is 5.08. The molecule has 0 radical (unpaired) electrons. The summed E-state index contributed by atoms with van der Waals surface area (Å²) in [4.78, 5) is 11.5. The van der Waals surface area contributed by atoms with Crippen LogP contribution in [-0.2, 0) is 18.3 Å². The quantitative estimate of drug-likeness (QED) is 0.744. The molecule has 1 fully saturated rings. The number of rotatable bonds is 1. The van der Waals surface area contributed by atoms with Gasteiger partial charge in [0.15, 0.2) is 5.69 Å². The Balaban J connectivity index is 1.55. The molecule has 1 aromatic carbocycles. The van der Waals surface area contributed by atoms with Gasteiger partial charge in [-0.3, -0.25) is 5.10 Å². The second-order valence-electron chi connectivity index (χ2n) is 8.19. The summed E-state index contributed by atoms with van der Waals surface area (Å²) in [5.74, 6) is 0.980. The van der Waals surface area contributed by atoms with Crippen LogP contribution in [-0.4, -0.2) is 26.4 Å². The van der Waals surface area contributed by atoms with Crippen molar-refractivity contribution in [2.45, 2.75) is 50.4 Å². The van der Waals surface area contributed by atoms with E-state index in [2.05, 4.69) is 23.2 Å². The molecule has 0 aliphatic heterocycles. The van der Waals surface area contributed by atoms with Crippen LogP contribution in [0.2, 0.25) is 0 Å². The molecule has 1 saturated carbocycles. The van der Waals surface area contributed by atoms with Gasteiger partial charge in [0.2, 0.25) is 0 Å². The summed E-state index contributed by atoms with van der Waals surface area (Å²) in [5, 5.41) is 26.4. The van der Waals surface area contributed by atoms with Crippen molar-refractivity contribution in [3.05, 3.63) is 46.3 Å². The van der Waals surface area contributed by atoms with E-state index in [1.54, 1.807) is 6.07 Å². The van der Waals surface area contributed by atoms with Crippen LogP contribution in [0.15, 0.2) is 18.2 Å². The number of benzene rings is 1. The predicted octanol–water partition coefficient (Wildman–Crippen LogP) is 3.38. The van der Waals surface area contributed by atoms with E-state index in [0.29, 0.717) is 23.5 Å². The molecule has 5 nitrogen and oxygen atoms in total. The highest BCUT2D eigenvalue weighted by Gasteiger charge is 2.54. The van der Waals surface area contributed by atoms with E-state index in [1.165, 1.54) is 11.1 Å². The number of aromatic nitrogens is 2. The van der Waals surface area contributed by atoms with Crippen LogP contribution in [0.4, 0.5) is 0 Å². The van der Waals surface area contributed by atoms with Crippen molar-refractivity contribution in [2.24, 2.45) is 11.8 Å². The number of aromatic carboxylic acids is 1. The normalized spacial score (nSPS) is 32.4. The van der Waals surface area contributed by atoms with E-state index >= 15 is 0 Å². The summed E-state index contributed by atoms with van der Waals surface area (Å²) < 4.78 is 0. The smallest absolute Gasteiger partial charge is 0.356 e.